The molecule has 2 amide bonds. The summed E-state index contributed by atoms with van der Waals surface area (Å²) in [6.45, 7) is 1.27. The molecule has 1 aromatic heterocycles. The average molecular weight is 364 g/mol. The number of urea groups is 1. The van der Waals surface area contributed by atoms with Gasteiger partial charge in [-0.2, -0.15) is 0 Å². The first-order chi connectivity index (χ1) is 13.2. The van der Waals surface area contributed by atoms with Crippen LogP contribution in [-0.4, -0.2) is 34.0 Å². The van der Waals surface area contributed by atoms with Crippen LogP contribution < -0.4 is 5.32 Å². The molecule has 0 spiro atoms. The predicted octanol–water partition coefficient (Wildman–Crippen LogP) is 4.63. The molecule has 138 valence electrons. The first kappa shape index (κ1) is 17.3. The molecule has 0 radical (unpaired) electrons. The van der Waals surface area contributed by atoms with Crippen LogP contribution in [0.15, 0.2) is 60.8 Å². The van der Waals surface area contributed by atoms with Crippen LogP contribution in [0.2, 0.25) is 0 Å². The van der Waals surface area contributed by atoms with Crippen LogP contribution in [0.5, 0.6) is 0 Å². The number of H-pyrrole nitrogens is 1. The molecule has 5 nitrogen and oxygen atoms in total. The van der Waals surface area contributed by atoms with Crippen LogP contribution in [-0.2, 0) is 0 Å². The zero-order valence-electron chi connectivity index (χ0n) is 14.9. The molecule has 2 N–H and O–H groups in total. The van der Waals surface area contributed by atoms with Gasteiger partial charge >= 0.3 is 6.03 Å². The molecule has 1 fully saturated rings. The number of carbonyl (C=O) groups excluding carboxylic acids is 1. The van der Waals surface area contributed by atoms with E-state index in [0.717, 1.165) is 29.9 Å². The highest BCUT2D eigenvalue weighted by molar-refractivity contribution is 5.89. The molecule has 3 aromatic rings. The van der Waals surface area contributed by atoms with E-state index in [1.807, 2.05) is 36.5 Å². The number of nitrogens with one attached hydrogen (secondary N) is 2. The number of rotatable bonds is 3. The maximum absolute atomic E-state index is 13.3. The molecule has 2 aromatic carbocycles. The van der Waals surface area contributed by atoms with Gasteiger partial charge in [-0.05, 0) is 36.6 Å². The molecule has 27 heavy (non-hydrogen) atoms. The maximum Gasteiger partial charge on any atom is 0.321 e. The van der Waals surface area contributed by atoms with Gasteiger partial charge in [0.2, 0.25) is 0 Å². The van der Waals surface area contributed by atoms with Gasteiger partial charge < -0.3 is 15.2 Å². The Morgan fingerprint density at radius 1 is 1.19 bits per heavy atom. The Labute approximate surface area is 157 Å². The summed E-state index contributed by atoms with van der Waals surface area (Å²) in [5, 5.41) is 2.77. The van der Waals surface area contributed by atoms with Gasteiger partial charge in [-0.3, -0.25) is 0 Å². The molecule has 1 aliphatic heterocycles. The van der Waals surface area contributed by atoms with Crippen LogP contribution in [0.3, 0.4) is 0 Å². The van der Waals surface area contributed by atoms with E-state index in [1.54, 1.807) is 17.0 Å². The average Bonchev–Trinajstić information content (AvgIpc) is 3.19. The van der Waals surface area contributed by atoms with Crippen LogP contribution in [0.25, 0.3) is 11.3 Å². The Bertz CT molecular complexity index is 925. The number of anilines is 1. The van der Waals surface area contributed by atoms with Gasteiger partial charge in [0.25, 0.3) is 0 Å². The molecule has 0 aliphatic carbocycles. The van der Waals surface area contributed by atoms with E-state index < -0.39 is 0 Å². The highest BCUT2D eigenvalue weighted by atomic mass is 19.1. The number of aromatic amines is 1. The van der Waals surface area contributed by atoms with Crippen molar-refractivity contribution in [3.63, 3.8) is 0 Å². The number of amides is 2. The second kappa shape index (κ2) is 7.61. The molecule has 2 heterocycles. The maximum atomic E-state index is 13.3. The van der Waals surface area contributed by atoms with Crippen molar-refractivity contribution in [3.05, 3.63) is 72.4 Å². The fourth-order valence-electron chi connectivity index (χ4n) is 3.46. The highest BCUT2D eigenvalue weighted by Gasteiger charge is 2.26. The molecule has 0 bridgehead atoms. The minimum atomic E-state index is -0.367. The van der Waals surface area contributed by atoms with E-state index in [9.17, 15) is 9.18 Å². The van der Waals surface area contributed by atoms with Crippen molar-refractivity contribution in [2.75, 3.05) is 18.4 Å². The third-order valence-corrected chi connectivity index (χ3v) is 4.85. The summed E-state index contributed by atoms with van der Waals surface area (Å²) >= 11 is 0. The van der Waals surface area contributed by atoms with Crippen molar-refractivity contribution >= 4 is 11.7 Å². The lowest BCUT2D eigenvalue weighted by atomic mass is 9.97. The fraction of sp³-hybridized carbons (Fsp3) is 0.238. The number of halogens is 1. The number of piperidine rings is 1. The summed E-state index contributed by atoms with van der Waals surface area (Å²) in [7, 11) is 0. The van der Waals surface area contributed by atoms with Crippen molar-refractivity contribution in [2.24, 2.45) is 0 Å². The van der Waals surface area contributed by atoms with Crippen LogP contribution in [0.1, 0.15) is 24.6 Å². The summed E-state index contributed by atoms with van der Waals surface area (Å²) in [6.07, 6.45) is 3.73. The smallest absolute Gasteiger partial charge is 0.321 e. The van der Waals surface area contributed by atoms with Crippen molar-refractivity contribution in [1.82, 2.24) is 14.9 Å². The van der Waals surface area contributed by atoms with Crippen LogP contribution >= 0.6 is 0 Å². The summed E-state index contributed by atoms with van der Waals surface area (Å²) in [5.74, 6) is 0.694. The van der Waals surface area contributed by atoms with Gasteiger partial charge in [-0.1, -0.05) is 36.4 Å². The zero-order valence-corrected chi connectivity index (χ0v) is 14.9. The van der Waals surface area contributed by atoms with E-state index in [1.165, 1.54) is 12.1 Å². The summed E-state index contributed by atoms with van der Waals surface area (Å²) in [6, 6.07) is 15.8. The molecule has 1 aliphatic rings. The van der Waals surface area contributed by atoms with E-state index >= 15 is 0 Å². The first-order valence-corrected chi connectivity index (χ1v) is 9.11. The Morgan fingerprint density at radius 2 is 2.04 bits per heavy atom. The van der Waals surface area contributed by atoms with E-state index in [4.69, 9.17) is 0 Å². The number of aromatic nitrogens is 2. The molecular weight excluding hydrogens is 343 g/mol. The number of imidazole rings is 1. The number of hydrogen-bond donors (Lipinski definition) is 2. The van der Waals surface area contributed by atoms with Gasteiger partial charge in [0.1, 0.15) is 11.6 Å². The predicted molar refractivity (Wildman–Crippen MR) is 103 cm³/mol. The van der Waals surface area contributed by atoms with E-state index in [-0.39, 0.29) is 17.8 Å². The topological polar surface area (TPSA) is 61.0 Å². The molecule has 0 saturated carbocycles. The largest absolute Gasteiger partial charge is 0.342 e. The highest BCUT2D eigenvalue weighted by Crippen LogP contribution is 2.27. The SMILES string of the molecule is O=C(Nc1cccc(F)c1)N1CCC[C@H](c2ncc(-c3ccccc3)[nH]2)C1. The summed E-state index contributed by atoms with van der Waals surface area (Å²) < 4.78 is 13.3. The summed E-state index contributed by atoms with van der Waals surface area (Å²) in [5.41, 5.74) is 2.53. The molecule has 0 unspecified atom stereocenters. The second-order valence-electron chi connectivity index (χ2n) is 6.77. The Morgan fingerprint density at radius 3 is 2.85 bits per heavy atom. The van der Waals surface area contributed by atoms with Crippen LogP contribution in [0.4, 0.5) is 14.9 Å². The number of likely N-dealkylation sites (tertiary alicyclic amines) is 1. The lowest BCUT2D eigenvalue weighted by molar-refractivity contribution is 0.191. The number of carbonyl (C=O) groups is 1. The minimum Gasteiger partial charge on any atom is -0.342 e. The third kappa shape index (κ3) is 4.00. The summed E-state index contributed by atoms with van der Waals surface area (Å²) in [4.78, 5) is 22.3. The number of hydrogen-bond acceptors (Lipinski definition) is 2. The third-order valence-electron chi connectivity index (χ3n) is 4.85. The van der Waals surface area contributed by atoms with Gasteiger partial charge in [0.15, 0.2) is 0 Å². The molecular formula is C21H21FN4O. The molecule has 6 heteroatoms. The molecule has 1 atom stereocenters. The van der Waals surface area contributed by atoms with Gasteiger partial charge in [-0.25, -0.2) is 14.2 Å². The normalized spacial score (nSPS) is 16.9. The monoisotopic (exact) mass is 364 g/mol. The van der Waals surface area contributed by atoms with Gasteiger partial charge in [0.05, 0.1) is 11.9 Å². The van der Waals surface area contributed by atoms with Gasteiger partial charge in [0, 0.05) is 24.7 Å². The molecule has 1 saturated heterocycles. The van der Waals surface area contributed by atoms with E-state index in [0.29, 0.717) is 18.8 Å². The molecule has 4 rings (SSSR count). The Hall–Kier alpha value is -3.15. The lowest BCUT2D eigenvalue weighted by Gasteiger charge is -2.31. The van der Waals surface area contributed by atoms with Crippen molar-refractivity contribution in [3.8, 4) is 11.3 Å². The minimum absolute atomic E-state index is 0.162. The first-order valence-electron chi connectivity index (χ1n) is 9.11. The lowest BCUT2D eigenvalue weighted by Crippen LogP contribution is -2.41. The second-order valence-corrected chi connectivity index (χ2v) is 6.77. The Kier molecular flexibility index (Phi) is 4.87. The quantitative estimate of drug-likeness (QED) is 0.712. The van der Waals surface area contributed by atoms with Crippen molar-refractivity contribution < 1.29 is 9.18 Å². The van der Waals surface area contributed by atoms with Gasteiger partial charge in [-0.15, -0.1) is 0 Å². The van der Waals surface area contributed by atoms with E-state index in [2.05, 4.69) is 15.3 Å². The van der Waals surface area contributed by atoms with Crippen molar-refractivity contribution in [1.29, 1.82) is 0 Å². The fourth-order valence-corrected chi connectivity index (χ4v) is 3.46. The van der Waals surface area contributed by atoms with Crippen molar-refractivity contribution in [2.45, 2.75) is 18.8 Å². The zero-order chi connectivity index (χ0) is 18.6. The van der Waals surface area contributed by atoms with Crippen LogP contribution in [0, 0.1) is 5.82 Å². The Balaban J connectivity index is 1.44. The standard InChI is InChI=1S/C21H21FN4O/c22-17-9-4-10-18(12-17)24-21(27)26-11-5-8-16(14-26)20-23-13-19(25-20)15-6-2-1-3-7-15/h1-4,6-7,9-10,12-13,16H,5,8,11,14H2,(H,23,25)(H,24,27)/t16-/m0/s1. The number of benzene rings is 2. The number of nitrogens with zero attached hydrogens (tertiary/aromatic N) is 2.